The number of rotatable bonds is 4. The van der Waals surface area contributed by atoms with Crippen LogP contribution in [0.3, 0.4) is 0 Å². The molecule has 1 aromatic heterocycles. The number of hydrogen-bond donors (Lipinski definition) is 0. The van der Waals surface area contributed by atoms with Gasteiger partial charge in [-0.2, -0.15) is 0 Å². The minimum atomic E-state index is 0.108. The van der Waals surface area contributed by atoms with Gasteiger partial charge in [0.2, 0.25) is 0 Å². The van der Waals surface area contributed by atoms with Crippen LogP contribution in [0.1, 0.15) is 24.5 Å². The van der Waals surface area contributed by atoms with Crippen LogP contribution < -0.4 is 0 Å². The van der Waals surface area contributed by atoms with E-state index in [0.717, 1.165) is 18.0 Å². The molecule has 5 atom stereocenters. The van der Waals surface area contributed by atoms with E-state index in [1.807, 2.05) is 19.4 Å². The van der Waals surface area contributed by atoms with Crippen molar-refractivity contribution in [1.29, 1.82) is 0 Å². The molecule has 3 nitrogen and oxygen atoms in total. The highest BCUT2D eigenvalue weighted by atomic mass is 16.5. The van der Waals surface area contributed by atoms with Crippen molar-refractivity contribution in [3.8, 4) is 0 Å². The topological polar surface area (TPSA) is 25.4 Å². The molecule has 3 heteroatoms. The number of piperidine rings is 3. The largest absolute Gasteiger partial charge is 0.375 e. The van der Waals surface area contributed by atoms with Crippen LogP contribution in [0.4, 0.5) is 0 Å². The maximum Gasteiger partial charge on any atom is 0.0983 e. The molecule has 23 heavy (non-hydrogen) atoms. The highest BCUT2D eigenvalue weighted by Crippen LogP contribution is 2.43. The molecule has 5 rings (SSSR count). The molecule has 2 aromatic rings. The molecule has 3 fully saturated rings. The minimum absolute atomic E-state index is 0.108. The highest BCUT2D eigenvalue weighted by Gasteiger charge is 2.42. The van der Waals surface area contributed by atoms with Crippen LogP contribution in [0.5, 0.6) is 0 Å². The Morgan fingerprint density at radius 2 is 2.22 bits per heavy atom. The zero-order chi connectivity index (χ0) is 15.8. The van der Waals surface area contributed by atoms with E-state index in [1.54, 1.807) is 0 Å². The number of fused-ring (bicyclic) bond motifs is 4. The van der Waals surface area contributed by atoms with Crippen molar-refractivity contribution in [3.05, 3.63) is 54.7 Å². The summed E-state index contributed by atoms with van der Waals surface area (Å²) in [6.07, 6.45) is 6.66. The molecule has 3 aliphatic heterocycles. The maximum atomic E-state index is 6.01. The summed E-state index contributed by atoms with van der Waals surface area (Å²) in [5.41, 5.74) is 2.32. The van der Waals surface area contributed by atoms with E-state index in [-0.39, 0.29) is 6.10 Å². The summed E-state index contributed by atoms with van der Waals surface area (Å²) in [5, 5.41) is 1.21. The first kappa shape index (κ1) is 14.9. The number of para-hydroxylation sites is 1. The van der Waals surface area contributed by atoms with E-state index in [0.29, 0.717) is 12.0 Å². The lowest BCUT2D eigenvalue weighted by atomic mass is 9.73. The number of hydrogen-bond acceptors (Lipinski definition) is 3. The third-order valence-corrected chi connectivity index (χ3v) is 5.75. The molecule has 0 spiro atoms. The Morgan fingerprint density at radius 3 is 2.96 bits per heavy atom. The van der Waals surface area contributed by atoms with Gasteiger partial charge in [0, 0.05) is 31.3 Å². The Labute approximate surface area is 138 Å². The third kappa shape index (κ3) is 2.48. The Kier molecular flexibility index (Phi) is 3.92. The van der Waals surface area contributed by atoms with Crippen molar-refractivity contribution in [2.45, 2.75) is 25.0 Å². The lowest BCUT2D eigenvalue weighted by Gasteiger charge is -2.51. The molecule has 3 aliphatic rings. The van der Waals surface area contributed by atoms with Gasteiger partial charge in [0.1, 0.15) is 0 Å². The second-order valence-corrected chi connectivity index (χ2v) is 6.82. The van der Waals surface area contributed by atoms with Gasteiger partial charge in [-0.05, 0) is 48.9 Å². The molecule has 2 bridgehead atoms. The Balaban J connectivity index is 1.70. The fraction of sp³-hybridized carbons (Fsp3) is 0.450. The molecule has 4 heterocycles. The quantitative estimate of drug-likeness (QED) is 0.803. The predicted octanol–water partition coefficient (Wildman–Crippen LogP) is 3.82. The molecule has 0 N–H and O–H groups in total. The molecule has 120 valence electrons. The van der Waals surface area contributed by atoms with Crippen molar-refractivity contribution in [1.82, 2.24) is 9.88 Å². The van der Waals surface area contributed by atoms with Gasteiger partial charge < -0.3 is 4.74 Å². The van der Waals surface area contributed by atoms with Crippen LogP contribution in [0.2, 0.25) is 0 Å². The fourth-order valence-corrected chi connectivity index (χ4v) is 4.55. The van der Waals surface area contributed by atoms with E-state index in [4.69, 9.17) is 4.74 Å². The lowest BCUT2D eigenvalue weighted by molar-refractivity contribution is -0.0601. The Bertz CT molecular complexity index is 708. The van der Waals surface area contributed by atoms with Crippen molar-refractivity contribution >= 4 is 10.9 Å². The maximum absolute atomic E-state index is 6.01. The van der Waals surface area contributed by atoms with Crippen molar-refractivity contribution in [3.63, 3.8) is 0 Å². The molecular formula is C20H24N2O. The van der Waals surface area contributed by atoms with Gasteiger partial charge in [-0.3, -0.25) is 9.88 Å². The summed E-state index contributed by atoms with van der Waals surface area (Å²) in [7, 11) is 1.84. The lowest BCUT2D eigenvalue weighted by Crippen LogP contribution is -2.55. The Morgan fingerprint density at radius 1 is 1.35 bits per heavy atom. The van der Waals surface area contributed by atoms with E-state index in [9.17, 15) is 0 Å². The van der Waals surface area contributed by atoms with Crippen LogP contribution in [0.15, 0.2) is 49.2 Å². The molecule has 3 unspecified atom stereocenters. The summed E-state index contributed by atoms with van der Waals surface area (Å²) in [4.78, 5) is 7.10. The molecule has 1 aromatic carbocycles. The first-order valence-corrected chi connectivity index (χ1v) is 8.55. The normalized spacial score (nSPS) is 31.2. The molecule has 3 saturated heterocycles. The molecular weight excluding hydrogens is 284 g/mol. The van der Waals surface area contributed by atoms with Gasteiger partial charge in [-0.25, -0.2) is 0 Å². The molecule has 0 aliphatic carbocycles. The van der Waals surface area contributed by atoms with Gasteiger partial charge in [0.05, 0.1) is 11.6 Å². The number of aromatic nitrogens is 1. The average molecular weight is 308 g/mol. The van der Waals surface area contributed by atoms with Gasteiger partial charge >= 0.3 is 0 Å². The van der Waals surface area contributed by atoms with Gasteiger partial charge in [0.15, 0.2) is 0 Å². The Hall–Kier alpha value is -1.71. The minimum Gasteiger partial charge on any atom is -0.375 e. The fourth-order valence-electron chi connectivity index (χ4n) is 4.55. The van der Waals surface area contributed by atoms with Gasteiger partial charge in [-0.1, -0.05) is 24.3 Å². The van der Waals surface area contributed by atoms with Crippen LogP contribution in [-0.2, 0) is 4.74 Å². The second-order valence-electron chi connectivity index (χ2n) is 6.82. The van der Waals surface area contributed by atoms with E-state index >= 15 is 0 Å². The third-order valence-electron chi connectivity index (χ3n) is 5.75. The number of methoxy groups -OCH3 is 1. The molecule has 0 radical (unpaired) electrons. The summed E-state index contributed by atoms with van der Waals surface area (Å²) < 4.78 is 6.01. The highest BCUT2D eigenvalue weighted by molar-refractivity contribution is 5.82. The second kappa shape index (κ2) is 6.06. The van der Waals surface area contributed by atoms with Crippen molar-refractivity contribution in [2.75, 3.05) is 20.2 Å². The SMILES string of the molecule is C=CC1CN2CCC1C[C@H]2[C@H](OC)c1ccnc2ccccc12. The van der Waals surface area contributed by atoms with E-state index < -0.39 is 0 Å². The standard InChI is InChI=1S/C20H24N2O/c1-3-14-13-22-11-9-15(14)12-19(22)20(23-2)17-8-10-21-18-7-5-4-6-16(17)18/h3-8,10,14-15,19-20H,1,9,11-13H2,2H3/t14?,15?,19-,20+/m0/s1. The summed E-state index contributed by atoms with van der Waals surface area (Å²) in [5.74, 6) is 1.40. The molecule has 0 saturated carbocycles. The summed E-state index contributed by atoms with van der Waals surface area (Å²) in [6.45, 7) is 6.34. The molecule has 0 amide bonds. The summed E-state index contributed by atoms with van der Waals surface area (Å²) in [6, 6.07) is 11.0. The number of nitrogens with zero attached hydrogens (tertiary/aromatic N) is 2. The summed E-state index contributed by atoms with van der Waals surface area (Å²) >= 11 is 0. The number of ether oxygens (including phenoxy) is 1. The van der Waals surface area contributed by atoms with Crippen LogP contribution in [-0.4, -0.2) is 36.1 Å². The predicted molar refractivity (Wildman–Crippen MR) is 93.3 cm³/mol. The smallest absolute Gasteiger partial charge is 0.0983 e. The first-order valence-electron chi connectivity index (χ1n) is 8.55. The van der Waals surface area contributed by atoms with E-state index in [2.05, 4.69) is 46.8 Å². The van der Waals surface area contributed by atoms with Crippen molar-refractivity contribution < 1.29 is 4.74 Å². The van der Waals surface area contributed by atoms with Gasteiger partial charge in [-0.15, -0.1) is 6.58 Å². The van der Waals surface area contributed by atoms with Crippen molar-refractivity contribution in [2.24, 2.45) is 11.8 Å². The van der Waals surface area contributed by atoms with Crippen LogP contribution in [0.25, 0.3) is 10.9 Å². The number of benzene rings is 1. The first-order chi connectivity index (χ1) is 11.3. The van der Waals surface area contributed by atoms with Gasteiger partial charge in [0.25, 0.3) is 0 Å². The average Bonchev–Trinajstić information content (AvgIpc) is 2.63. The van der Waals surface area contributed by atoms with Crippen LogP contribution >= 0.6 is 0 Å². The zero-order valence-corrected chi connectivity index (χ0v) is 13.7. The zero-order valence-electron chi connectivity index (χ0n) is 13.7. The van der Waals surface area contributed by atoms with Crippen LogP contribution in [0, 0.1) is 11.8 Å². The van der Waals surface area contributed by atoms with E-state index in [1.165, 1.54) is 30.3 Å². The monoisotopic (exact) mass is 308 g/mol. The number of pyridine rings is 1.